The molecule has 1 aliphatic rings. The number of benzene rings is 3. The van der Waals surface area contributed by atoms with Gasteiger partial charge in [0.25, 0.3) is 0 Å². The Morgan fingerprint density at radius 2 is 1.64 bits per heavy atom. The number of carboxylic acid groups (broad SMARTS) is 1. The van der Waals surface area contributed by atoms with Crippen LogP contribution in [-0.2, 0) is 4.79 Å². The van der Waals surface area contributed by atoms with Crippen LogP contribution in [0, 0.1) is 0 Å². The zero-order valence-electron chi connectivity index (χ0n) is 11.8. The first-order chi connectivity index (χ1) is 10.7. The fraction of sp³-hybridized carbons (Fsp3) is 0.167. The predicted molar refractivity (Wildman–Crippen MR) is 91.2 cm³/mol. The molecule has 0 aromatic heterocycles. The van der Waals surface area contributed by atoms with E-state index >= 15 is 0 Å². The Morgan fingerprint density at radius 1 is 1.05 bits per heavy atom. The number of thioether (sulfide) groups is 1. The van der Waals surface area contributed by atoms with Crippen LogP contribution < -0.4 is 5.32 Å². The number of carboxylic acids is 1. The van der Waals surface area contributed by atoms with Gasteiger partial charge in [0.1, 0.15) is 6.04 Å². The summed E-state index contributed by atoms with van der Waals surface area (Å²) in [6.07, 6.45) is 0. The SMILES string of the molecule is O=C(O)[C@@H]1CSC(c2c3ccccc3cc3ccccc23)N1. The summed E-state index contributed by atoms with van der Waals surface area (Å²) in [7, 11) is 0. The molecule has 2 N–H and O–H groups in total. The van der Waals surface area contributed by atoms with Crippen molar-refractivity contribution < 1.29 is 9.90 Å². The van der Waals surface area contributed by atoms with Crippen molar-refractivity contribution in [3.63, 3.8) is 0 Å². The fourth-order valence-corrected chi connectivity index (χ4v) is 4.42. The van der Waals surface area contributed by atoms with Gasteiger partial charge >= 0.3 is 5.97 Å². The van der Waals surface area contributed by atoms with Gasteiger partial charge in [0.15, 0.2) is 0 Å². The Balaban J connectivity index is 1.95. The molecule has 0 aliphatic carbocycles. The summed E-state index contributed by atoms with van der Waals surface area (Å²) >= 11 is 1.67. The molecule has 0 saturated carbocycles. The minimum absolute atomic E-state index is 0.0112. The third-order valence-corrected chi connectivity index (χ3v) is 5.39. The first-order valence-electron chi connectivity index (χ1n) is 7.25. The van der Waals surface area contributed by atoms with Gasteiger partial charge in [0.05, 0.1) is 5.37 Å². The molecule has 110 valence electrons. The van der Waals surface area contributed by atoms with Crippen molar-refractivity contribution in [3.8, 4) is 0 Å². The second kappa shape index (κ2) is 5.30. The molecule has 4 rings (SSSR count). The number of nitrogens with one attached hydrogen (secondary N) is 1. The van der Waals surface area contributed by atoms with E-state index in [1.807, 2.05) is 24.3 Å². The average Bonchev–Trinajstić information content (AvgIpc) is 3.02. The van der Waals surface area contributed by atoms with Crippen LogP contribution in [-0.4, -0.2) is 22.9 Å². The first-order valence-corrected chi connectivity index (χ1v) is 8.30. The van der Waals surface area contributed by atoms with Gasteiger partial charge in [-0.1, -0.05) is 48.5 Å². The molecule has 0 radical (unpaired) electrons. The van der Waals surface area contributed by atoms with Crippen molar-refractivity contribution in [3.05, 3.63) is 60.2 Å². The molecule has 1 unspecified atom stereocenters. The van der Waals surface area contributed by atoms with Gasteiger partial charge in [-0.3, -0.25) is 10.1 Å². The van der Waals surface area contributed by atoms with Gasteiger partial charge in [-0.15, -0.1) is 11.8 Å². The summed E-state index contributed by atoms with van der Waals surface area (Å²) in [6.45, 7) is 0. The van der Waals surface area contributed by atoms with Crippen molar-refractivity contribution in [2.75, 3.05) is 5.75 Å². The third-order valence-electron chi connectivity index (χ3n) is 4.16. The van der Waals surface area contributed by atoms with Gasteiger partial charge < -0.3 is 5.11 Å². The maximum absolute atomic E-state index is 11.2. The molecule has 0 spiro atoms. The molecule has 1 saturated heterocycles. The van der Waals surface area contributed by atoms with E-state index in [4.69, 9.17) is 0 Å². The lowest BCUT2D eigenvalue weighted by Crippen LogP contribution is -2.33. The van der Waals surface area contributed by atoms with E-state index in [0.717, 1.165) is 0 Å². The Hall–Kier alpha value is -2.04. The Bertz CT molecular complexity index is 823. The van der Waals surface area contributed by atoms with Crippen molar-refractivity contribution in [2.24, 2.45) is 0 Å². The van der Waals surface area contributed by atoms with Gasteiger partial charge in [0.2, 0.25) is 0 Å². The van der Waals surface area contributed by atoms with E-state index in [1.165, 1.54) is 27.1 Å². The molecule has 0 bridgehead atoms. The van der Waals surface area contributed by atoms with Crippen LogP contribution >= 0.6 is 11.8 Å². The van der Waals surface area contributed by atoms with E-state index in [-0.39, 0.29) is 5.37 Å². The highest BCUT2D eigenvalue weighted by Gasteiger charge is 2.32. The van der Waals surface area contributed by atoms with Crippen LogP contribution in [0.2, 0.25) is 0 Å². The standard InChI is InChI=1S/C18H15NO2S/c20-18(21)15-10-22-17(19-15)16-13-7-3-1-5-11(13)9-12-6-2-4-8-14(12)16/h1-9,15,17,19H,10H2,(H,20,21)/t15-,17?/m0/s1. The highest BCUT2D eigenvalue weighted by atomic mass is 32.2. The van der Waals surface area contributed by atoms with Crippen LogP contribution in [0.3, 0.4) is 0 Å². The van der Waals surface area contributed by atoms with Crippen molar-refractivity contribution in [1.29, 1.82) is 0 Å². The van der Waals surface area contributed by atoms with Crippen LogP contribution in [0.25, 0.3) is 21.5 Å². The van der Waals surface area contributed by atoms with Crippen molar-refractivity contribution in [1.82, 2.24) is 5.32 Å². The van der Waals surface area contributed by atoms with Gasteiger partial charge in [-0.25, -0.2) is 0 Å². The summed E-state index contributed by atoms with van der Waals surface area (Å²) < 4.78 is 0. The molecule has 3 nitrogen and oxygen atoms in total. The zero-order valence-corrected chi connectivity index (χ0v) is 12.6. The van der Waals surface area contributed by atoms with Crippen molar-refractivity contribution >= 4 is 39.3 Å². The molecule has 1 heterocycles. The van der Waals surface area contributed by atoms with Gasteiger partial charge in [-0.05, 0) is 33.2 Å². The molecule has 3 aromatic carbocycles. The molecule has 0 amide bonds. The molecular formula is C18H15NO2S. The lowest BCUT2D eigenvalue weighted by Gasteiger charge is -2.17. The maximum atomic E-state index is 11.2. The monoisotopic (exact) mass is 309 g/mol. The van der Waals surface area contributed by atoms with E-state index in [2.05, 4.69) is 35.6 Å². The van der Waals surface area contributed by atoms with E-state index in [9.17, 15) is 9.90 Å². The largest absolute Gasteiger partial charge is 0.480 e. The topological polar surface area (TPSA) is 49.3 Å². The minimum Gasteiger partial charge on any atom is -0.480 e. The number of hydrogen-bond donors (Lipinski definition) is 2. The summed E-state index contributed by atoms with van der Waals surface area (Å²) in [5.41, 5.74) is 1.20. The van der Waals surface area contributed by atoms with E-state index in [0.29, 0.717) is 5.75 Å². The Labute approximate surface area is 132 Å². The maximum Gasteiger partial charge on any atom is 0.321 e. The molecule has 4 heteroatoms. The quantitative estimate of drug-likeness (QED) is 0.707. The summed E-state index contributed by atoms with van der Waals surface area (Å²) in [5.74, 6) is -0.183. The second-order valence-electron chi connectivity index (χ2n) is 5.50. The highest BCUT2D eigenvalue weighted by molar-refractivity contribution is 7.99. The number of rotatable bonds is 2. The van der Waals surface area contributed by atoms with Crippen LogP contribution in [0.1, 0.15) is 10.9 Å². The number of fused-ring (bicyclic) bond motifs is 2. The zero-order chi connectivity index (χ0) is 15.1. The van der Waals surface area contributed by atoms with Gasteiger partial charge in [-0.2, -0.15) is 0 Å². The van der Waals surface area contributed by atoms with Gasteiger partial charge in [0, 0.05) is 5.75 Å². The van der Waals surface area contributed by atoms with Crippen LogP contribution in [0.15, 0.2) is 54.6 Å². The van der Waals surface area contributed by atoms with Crippen LogP contribution in [0.4, 0.5) is 0 Å². The highest BCUT2D eigenvalue weighted by Crippen LogP contribution is 2.40. The summed E-state index contributed by atoms with van der Waals surface area (Å²) in [6, 6.07) is 18.3. The lowest BCUT2D eigenvalue weighted by atomic mass is 9.96. The van der Waals surface area contributed by atoms with Crippen molar-refractivity contribution in [2.45, 2.75) is 11.4 Å². The predicted octanol–water partition coefficient (Wildman–Crippen LogP) is 3.78. The van der Waals surface area contributed by atoms with Crippen LogP contribution in [0.5, 0.6) is 0 Å². The normalized spacial score (nSPS) is 21.5. The molecule has 1 aliphatic heterocycles. The molecule has 22 heavy (non-hydrogen) atoms. The molecule has 1 fully saturated rings. The van der Waals surface area contributed by atoms with E-state index < -0.39 is 12.0 Å². The Morgan fingerprint density at radius 3 is 2.18 bits per heavy atom. The smallest absolute Gasteiger partial charge is 0.321 e. The lowest BCUT2D eigenvalue weighted by molar-refractivity contribution is -0.138. The van der Waals surface area contributed by atoms with E-state index in [1.54, 1.807) is 11.8 Å². The Kier molecular flexibility index (Phi) is 3.28. The second-order valence-corrected chi connectivity index (χ2v) is 6.64. The third kappa shape index (κ3) is 2.16. The fourth-order valence-electron chi connectivity index (χ4n) is 3.11. The minimum atomic E-state index is -0.778. The summed E-state index contributed by atoms with van der Waals surface area (Å²) in [5, 5.41) is 17.3. The molecule has 2 atom stereocenters. The molecule has 3 aromatic rings. The number of hydrogen-bond acceptors (Lipinski definition) is 3. The number of aliphatic carboxylic acids is 1. The number of carbonyl (C=O) groups is 1. The summed E-state index contributed by atoms with van der Waals surface area (Å²) in [4.78, 5) is 11.2. The average molecular weight is 309 g/mol. The first kappa shape index (κ1) is 13.6. The molecular weight excluding hydrogens is 294 g/mol.